The fourth-order valence-electron chi connectivity index (χ4n) is 4.12. The van der Waals surface area contributed by atoms with Gasteiger partial charge in [-0.2, -0.15) is 0 Å². The van der Waals surface area contributed by atoms with Crippen molar-refractivity contribution in [1.82, 2.24) is 0 Å². The standard InChI is InChI=1S/C25H32O3S/c1-17(2)9-15-23(26)20-12-10-19(11-13-20)22-8-4-6-18(22)5-3-7-21-14-16-24(29-21)25(27)28/h8,10-14,16-18,23,26H,3-7,9,15H2,1-2H3,(H,27,28)/t18-,23?/m0/s1. The zero-order valence-electron chi connectivity index (χ0n) is 17.4. The van der Waals surface area contributed by atoms with Crippen molar-refractivity contribution in [3.63, 3.8) is 0 Å². The molecule has 1 aromatic heterocycles. The highest BCUT2D eigenvalue weighted by Gasteiger charge is 2.21. The van der Waals surface area contributed by atoms with Crippen LogP contribution in [-0.4, -0.2) is 16.2 Å². The van der Waals surface area contributed by atoms with Crippen molar-refractivity contribution in [3.05, 3.63) is 63.4 Å². The maximum atomic E-state index is 11.0. The van der Waals surface area contributed by atoms with E-state index in [4.69, 9.17) is 5.11 Å². The molecule has 0 amide bonds. The number of aliphatic hydroxyl groups excluding tert-OH is 1. The number of aliphatic hydroxyl groups is 1. The number of hydrogen-bond acceptors (Lipinski definition) is 3. The Bertz CT molecular complexity index is 832. The van der Waals surface area contributed by atoms with Crippen LogP contribution in [0.1, 0.15) is 84.2 Å². The predicted octanol–water partition coefficient (Wildman–Crippen LogP) is 6.73. The van der Waals surface area contributed by atoms with Crippen LogP contribution in [0.15, 0.2) is 42.5 Å². The van der Waals surface area contributed by atoms with Gasteiger partial charge in [-0.25, -0.2) is 4.79 Å². The number of carboxylic acids is 1. The number of hydrogen-bond donors (Lipinski definition) is 2. The first kappa shape index (κ1) is 21.8. The molecule has 29 heavy (non-hydrogen) atoms. The van der Waals surface area contributed by atoms with Crippen LogP contribution < -0.4 is 0 Å². The van der Waals surface area contributed by atoms with E-state index in [9.17, 15) is 9.90 Å². The molecule has 2 atom stereocenters. The second-order valence-electron chi connectivity index (χ2n) is 8.51. The van der Waals surface area contributed by atoms with E-state index in [-0.39, 0.29) is 6.10 Å². The van der Waals surface area contributed by atoms with Crippen molar-refractivity contribution in [2.45, 2.75) is 64.9 Å². The first-order chi connectivity index (χ1) is 13.9. The number of aromatic carboxylic acids is 1. The lowest BCUT2D eigenvalue weighted by atomic mass is 9.89. The highest BCUT2D eigenvalue weighted by atomic mass is 32.1. The van der Waals surface area contributed by atoms with Crippen LogP contribution >= 0.6 is 11.3 Å². The number of allylic oxidation sites excluding steroid dienone is 2. The van der Waals surface area contributed by atoms with Crippen molar-refractivity contribution in [2.24, 2.45) is 11.8 Å². The Morgan fingerprint density at radius 1 is 1.14 bits per heavy atom. The topological polar surface area (TPSA) is 57.5 Å². The van der Waals surface area contributed by atoms with E-state index in [1.807, 2.05) is 6.07 Å². The largest absolute Gasteiger partial charge is 0.477 e. The summed E-state index contributed by atoms with van der Waals surface area (Å²) in [5.74, 6) is 0.351. The maximum absolute atomic E-state index is 11.0. The minimum atomic E-state index is -0.833. The highest BCUT2D eigenvalue weighted by Crippen LogP contribution is 2.37. The molecule has 2 aromatic rings. The van der Waals surface area contributed by atoms with Crippen molar-refractivity contribution in [3.8, 4) is 0 Å². The SMILES string of the molecule is CC(C)CCC(O)c1ccc(C2=CCC[C@@H]2CCCc2ccc(C(=O)O)s2)cc1. The molecule has 0 aliphatic heterocycles. The number of carbonyl (C=O) groups is 1. The summed E-state index contributed by atoms with van der Waals surface area (Å²) in [6.07, 6.45) is 9.31. The van der Waals surface area contributed by atoms with E-state index >= 15 is 0 Å². The van der Waals surface area contributed by atoms with Crippen LogP contribution in [-0.2, 0) is 6.42 Å². The van der Waals surface area contributed by atoms with Crippen LogP contribution in [0.2, 0.25) is 0 Å². The van der Waals surface area contributed by atoms with Crippen molar-refractivity contribution in [2.75, 3.05) is 0 Å². The zero-order chi connectivity index (χ0) is 20.8. The molecule has 1 unspecified atom stereocenters. The van der Waals surface area contributed by atoms with Crippen LogP contribution in [0.25, 0.3) is 5.57 Å². The number of aryl methyl sites for hydroxylation is 1. The molecule has 0 bridgehead atoms. The fourth-order valence-corrected chi connectivity index (χ4v) is 5.01. The second-order valence-corrected chi connectivity index (χ2v) is 9.67. The summed E-state index contributed by atoms with van der Waals surface area (Å²) in [4.78, 5) is 12.6. The second kappa shape index (κ2) is 10.2. The van der Waals surface area contributed by atoms with E-state index in [0.29, 0.717) is 16.7 Å². The lowest BCUT2D eigenvalue weighted by Gasteiger charge is -2.17. The fraction of sp³-hybridized carbons (Fsp3) is 0.480. The Kier molecular flexibility index (Phi) is 7.68. The molecule has 1 aliphatic rings. The molecule has 1 aliphatic carbocycles. The first-order valence-electron chi connectivity index (χ1n) is 10.7. The van der Waals surface area contributed by atoms with Crippen molar-refractivity contribution < 1.29 is 15.0 Å². The Morgan fingerprint density at radius 3 is 2.55 bits per heavy atom. The molecule has 4 heteroatoms. The summed E-state index contributed by atoms with van der Waals surface area (Å²) < 4.78 is 0. The molecule has 0 fully saturated rings. The Balaban J connectivity index is 1.53. The van der Waals surface area contributed by atoms with E-state index in [1.54, 1.807) is 6.07 Å². The number of benzene rings is 1. The summed E-state index contributed by atoms with van der Waals surface area (Å²) >= 11 is 1.39. The average Bonchev–Trinajstić information content (AvgIpc) is 3.36. The third kappa shape index (κ3) is 6.03. The third-order valence-electron chi connectivity index (χ3n) is 5.81. The van der Waals surface area contributed by atoms with E-state index in [2.05, 4.69) is 44.2 Å². The van der Waals surface area contributed by atoms with Crippen LogP contribution in [0, 0.1) is 11.8 Å². The van der Waals surface area contributed by atoms with Gasteiger partial charge < -0.3 is 10.2 Å². The summed E-state index contributed by atoms with van der Waals surface area (Å²) in [5.41, 5.74) is 3.72. The molecule has 3 nitrogen and oxygen atoms in total. The average molecular weight is 413 g/mol. The Labute approximate surface area is 178 Å². The summed E-state index contributed by atoms with van der Waals surface area (Å²) in [7, 11) is 0. The smallest absolute Gasteiger partial charge is 0.345 e. The molecule has 0 spiro atoms. The first-order valence-corrected chi connectivity index (χ1v) is 11.6. The molecule has 1 aromatic carbocycles. The van der Waals surface area contributed by atoms with Gasteiger partial charge >= 0.3 is 5.97 Å². The Hall–Kier alpha value is -1.91. The number of thiophene rings is 1. The van der Waals surface area contributed by atoms with Crippen LogP contribution in [0.4, 0.5) is 0 Å². The molecular formula is C25H32O3S. The number of carboxylic acid groups (broad SMARTS) is 1. The summed E-state index contributed by atoms with van der Waals surface area (Å²) in [5, 5.41) is 19.4. The zero-order valence-corrected chi connectivity index (χ0v) is 18.3. The predicted molar refractivity (Wildman–Crippen MR) is 120 cm³/mol. The van der Waals surface area contributed by atoms with Gasteiger partial charge in [-0.1, -0.05) is 44.2 Å². The maximum Gasteiger partial charge on any atom is 0.345 e. The normalized spacial score (nSPS) is 17.5. The molecule has 0 saturated carbocycles. The summed E-state index contributed by atoms with van der Waals surface area (Å²) in [6.45, 7) is 4.37. The minimum Gasteiger partial charge on any atom is -0.477 e. The van der Waals surface area contributed by atoms with Gasteiger partial charge in [-0.15, -0.1) is 11.3 Å². The van der Waals surface area contributed by atoms with Gasteiger partial charge in [0.1, 0.15) is 4.88 Å². The van der Waals surface area contributed by atoms with Crippen LogP contribution in [0.5, 0.6) is 0 Å². The number of rotatable bonds is 10. The highest BCUT2D eigenvalue weighted by molar-refractivity contribution is 7.13. The van der Waals surface area contributed by atoms with E-state index in [0.717, 1.165) is 49.0 Å². The van der Waals surface area contributed by atoms with Gasteiger partial charge in [-0.3, -0.25) is 0 Å². The molecule has 0 radical (unpaired) electrons. The van der Waals surface area contributed by atoms with Crippen molar-refractivity contribution in [1.29, 1.82) is 0 Å². The van der Waals surface area contributed by atoms with Gasteiger partial charge in [0, 0.05) is 4.88 Å². The summed E-state index contributed by atoms with van der Waals surface area (Å²) in [6, 6.07) is 12.1. The van der Waals surface area contributed by atoms with Gasteiger partial charge in [0.2, 0.25) is 0 Å². The van der Waals surface area contributed by atoms with Gasteiger partial charge in [-0.05, 0) is 85.6 Å². The minimum absolute atomic E-state index is 0.374. The molecule has 0 saturated heterocycles. The van der Waals surface area contributed by atoms with Crippen LogP contribution in [0.3, 0.4) is 0 Å². The van der Waals surface area contributed by atoms with Gasteiger partial charge in [0.15, 0.2) is 0 Å². The van der Waals surface area contributed by atoms with E-state index < -0.39 is 5.97 Å². The van der Waals surface area contributed by atoms with Gasteiger partial charge in [0.25, 0.3) is 0 Å². The third-order valence-corrected chi connectivity index (χ3v) is 6.95. The molecule has 156 valence electrons. The molecule has 2 N–H and O–H groups in total. The van der Waals surface area contributed by atoms with Crippen molar-refractivity contribution >= 4 is 22.9 Å². The molecular weight excluding hydrogens is 380 g/mol. The lowest BCUT2D eigenvalue weighted by Crippen LogP contribution is -2.02. The lowest BCUT2D eigenvalue weighted by molar-refractivity contribution is 0.0702. The monoisotopic (exact) mass is 412 g/mol. The Morgan fingerprint density at radius 2 is 1.90 bits per heavy atom. The van der Waals surface area contributed by atoms with Gasteiger partial charge in [0.05, 0.1) is 6.10 Å². The molecule has 3 rings (SSSR count). The van der Waals surface area contributed by atoms with E-state index in [1.165, 1.54) is 28.9 Å². The quantitative estimate of drug-likeness (QED) is 0.455. The molecule has 1 heterocycles.